The number of pyridine rings is 1. The lowest BCUT2D eigenvalue weighted by molar-refractivity contribution is 0.271. The zero-order valence-electron chi connectivity index (χ0n) is 13.5. The SMILES string of the molecule is O=S(=O)(c1ccc2c(c1)CCC2)N1CCNCC1c1cccnc1. The average Bonchev–Trinajstić information content (AvgIpc) is 3.10. The highest BCUT2D eigenvalue weighted by atomic mass is 32.2. The summed E-state index contributed by atoms with van der Waals surface area (Å²) in [4.78, 5) is 4.56. The number of benzene rings is 1. The topological polar surface area (TPSA) is 62.3 Å². The van der Waals surface area contributed by atoms with E-state index in [-0.39, 0.29) is 6.04 Å². The third-order valence-corrected chi connectivity index (χ3v) is 6.84. The van der Waals surface area contributed by atoms with E-state index in [1.165, 1.54) is 11.1 Å². The number of rotatable bonds is 3. The molecule has 4 rings (SSSR count). The summed E-state index contributed by atoms with van der Waals surface area (Å²) >= 11 is 0. The van der Waals surface area contributed by atoms with E-state index < -0.39 is 10.0 Å². The summed E-state index contributed by atoms with van der Waals surface area (Å²) in [6.45, 7) is 1.75. The second-order valence-electron chi connectivity index (χ2n) is 6.41. The third-order valence-electron chi connectivity index (χ3n) is 4.94. The Balaban J connectivity index is 1.71. The number of hydrogen-bond donors (Lipinski definition) is 1. The van der Waals surface area contributed by atoms with Gasteiger partial charge in [-0.15, -0.1) is 0 Å². The number of fused-ring (bicyclic) bond motifs is 1. The summed E-state index contributed by atoms with van der Waals surface area (Å²) < 4.78 is 28.1. The molecule has 2 aromatic rings. The molecule has 5 nitrogen and oxygen atoms in total. The van der Waals surface area contributed by atoms with Crippen LogP contribution in [0.3, 0.4) is 0 Å². The predicted octanol–water partition coefficient (Wildman–Crippen LogP) is 1.91. The van der Waals surface area contributed by atoms with Gasteiger partial charge >= 0.3 is 0 Å². The second kappa shape index (κ2) is 6.27. The second-order valence-corrected chi connectivity index (χ2v) is 8.30. The third kappa shape index (κ3) is 2.75. The van der Waals surface area contributed by atoms with Crippen LogP contribution in [0.15, 0.2) is 47.6 Å². The molecule has 0 spiro atoms. The number of hydrogen-bond acceptors (Lipinski definition) is 4. The summed E-state index contributed by atoms with van der Waals surface area (Å²) in [6, 6.07) is 9.20. The Morgan fingerprint density at radius 1 is 1.17 bits per heavy atom. The molecule has 1 N–H and O–H groups in total. The Hall–Kier alpha value is -1.76. The molecule has 0 saturated carbocycles. The van der Waals surface area contributed by atoms with Crippen molar-refractivity contribution < 1.29 is 8.42 Å². The number of nitrogens with one attached hydrogen (secondary N) is 1. The zero-order chi connectivity index (χ0) is 16.6. The van der Waals surface area contributed by atoms with Crippen molar-refractivity contribution in [2.24, 2.45) is 0 Å². The van der Waals surface area contributed by atoms with Crippen molar-refractivity contribution in [3.63, 3.8) is 0 Å². The van der Waals surface area contributed by atoms with Crippen LogP contribution in [-0.4, -0.2) is 37.3 Å². The summed E-state index contributed by atoms with van der Waals surface area (Å²) in [5.74, 6) is 0. The lowest BCUT2D eigenvalue weighted by Crippen LogP contribution is -2.48. The van der Waals surface area contributed by atoms with E-state index >= 15 is 0 Å². The summed E-state index contributed by atoms with van der Waals surface area (Å²) in [6.07, 6.45) is 6.61. The van der Waals surface area contributed by atoms with Crippen LogP contribution in [0.5, 0.6) is 0 Å². The number of sulfonamides is 1. The molecule has 0 amide bonds. The first-order valence-electron chi connectivity index (χ1n) is 8.40. The molecule has 0 radical (unpaired) electrons. The van der Waals surface area contributed by atoms with Gasteiger partial charge < -0.3 is 5.32 Å². The molecular formula is C18H21N3O2S. The molecule has 1 aliphatic carbocycles. The first-order valence-corrected chi connectivity index (χ1v) is 9.84. The lowest BCUT2D eigenvalue weighted by atomic mass is 10.1. The average molecular weight is 343 g/mol. The van der Waals surface area contributed by atoms with Gasteiger partial charge in [-0.2, -0.15) is 4.31 Å². The molecule has 1 atom stereocenters. The van der Waals surface area contributed by atoms with Crippen LogP contribution in [0, 0.1) is 0 Å². The molecule has 2 heterocycles. The highest BCUT2D eigenvalue weighted by molar-refractivity contribution is 7.89. The molecule has 1 unspecified atom stereocenters. The van der Waals surface area contributed by atoms with Gasteiger partial charge in [-0.25, -0.2) is 8.42 Å². The Labute approximate surface area is 142 Å². The standard InChI is InChI=1S/C18H21N3O2S/c22-24(23,17-7-6-14-3-1-4-15(14)11-17)21-10-9-20-13-18(21)16-5-2-8-19-12-16/h2,5-8,11-12,18,20H,1,3-4,9-10,13H2. The summed E-state index contributed by atoms with van der Waals surface area (Å²) in [5.41, 5.74) is 3.40. The number of aromatic nitrogens is 1. The zero-order valence-corrected chi connectivity index (χ0v) is 14.3. The number of aryl methyl sites for hydroxylation is 2. The van der Waals surface area contributed by atoms with Crippen molar-refractivity contribution in [3.8, 4) is 0 Å². The van der Waals surface area contributed by atoms with Gasteiger partial charge in [0.15, 0.2) is 0 Å². The fraction of sp³-hybridized carbons (Fsp3) is 0.389. The van der Waals surface area contributed by atoms with Crippen LogP contribution in [0.1, 0.15) is 29.2 Å². The van der Waals surface area contributed by atoms with E-state index in [0.717, 1.165) is 24.8 Å². The summed E-state index contributed by atoms with van der Waals surface area (Å²) in [5, 5.41) is 3.29. The Morgan fingerprint density at radius 2 is 2.04 bits per heavy atom. The molecule has 1 aromatic carbocycles. The van der Waals surface area contributed by atoms with Crippen LogP contribution in [0.4, 0.5) is 0 Å². The van der Waals surface area contributed by atoms with E-state index in [2.05, 4.69) is 10.3 Å². The van der Waals surface area contributed by atoms with Gasteiger partial charge in [-0.1, -0.05) is 12.1 Å². The highest BCUT2D eigenvalue weighted by Crippen LogP contribution is 2.31. The van der Waals surface area contributed by atoms with Crippen molar-refractivity contribution >= 4 is 10.0 Å². The van der Waals surface area contributed by atoms with Crippen LogP contribution >= 0.6 is 0 Å². The number of piperazine rings is 1. The molecule has 1 aliphatic heterocycles. The van der Waals surface area contributed by atoms with E-state index in [1.54, 1.807) is 22.8 Å². The molecule has 1 aromatic heterocycles. The molecule has 1 saturated heterocycles. The predicted molar refractivity (Wildman–Crippen MR) is 92.2 cm³/mol. The van der Waals surface area contributed by atoms with Crippen LogP contribution < -0.4 is 5.32 Å². The van der Waals surface area contributed by atoms with Crippen molar-refractivity contribution in [1.82, 2.24) is 14.6 Å². The lowest BCUT2D eigenvalue weighted by Gasteiger charge is -2.35. The Morgan fingerprint density at radius 3 is 2.88 bits per heavy atom. The molecule has 126 valence electrons. The molecule has 6 heteroatoms. The van der Waals surface area contributed by atoms with Gasteiger partial charge in [-0.05, 0) is 54.2 Å². The van der Waals surface area contributed by atoms with Crippen molar-refractivity contribution in [1.29, 1.82) is 0 Å². The smallest absolute Gasteiger partial charge is 0.243 e. The van der Waals surface area contributed by atoms with Gasteiger partial charge in [0.05, 0.1) is 10.9 Å². The molecular weight excluding hydrogens is 322 g/mol. The Kier molecular flexibility index (Phi) is 4.12. The summed E-state index contributed by atoms with van der Waals surface area (Å²) in [7, 11) is -3.52. The normalized spacial score (nSPS) is 21.6. The fourth-order valence-electron chi connectivity index (χ4n) is 3.67. The number of nitrogens with zero attached hydrogens (tertiary/aromatic N) is 2. The van der Waals surface area contributed by atoms with Crippen LogP contribution in [0.25, 0.3) is 0 Å². The maximum Gasteiger partial charge on any atom is 0.243 e. The minimum atomic E-state index is -3.52. The van der Waals surface area contributed by atoms with Crippen molar-refractivity contribution in [2.75, 3.05) is 19.6 Å². The van der Waals surface area contributed by atoms with Crippen molar-refractivity contribution in [2.45, 2.75) is 30.2 Å². The monoisotopic (exact) mass is 343 g/mol. The van der Waals surface area contributed by atoms with Gasteiger partial charge in [0, 0.05) is 32.0 Å². The van der Waals surface area contributed by atoms with Gasteiger partial charge in [-0.3, -0.25) is 4.98 Å². The van der Waals surface area contributed by atoms with Gasteiger partial charge in [0.1, 0.15) is 0 Å². The van der Waals surface area contributed by atoms with Crippen molar-refractivity contribution in [3.05, 3.63) is 59.4 Å². The van der Waals surface area contributed by atoms with Crippen LogP contribution in [0.2, 0.25) is 0 Å². The van der Waals surface area contributed by atoms with Crippen LogP contribution in [-0.2, 0) is 22.9 Å². The maximum absolute atomic E-state index is 13.2. The fourth-order valence-corrected chi connectivity index (χ4v) is 5.34. The van der Waals surface area contributed by atoms with Gasteiger partial charge in [0.2, 0.25) is 10.0 Å². The first-order chi connectivity index (χ1) is 11.7. The first kappa shape index (κ1) is 15.7. The largest absolute Gasteiger partial charge is 0.313 e. The molecule has 0 bridgehead atoms. The minimum absolute atomic E-state index is 0.217. The van der Waals surface area contributed by atoms with Gasteiger partial charge in [0.25, 0.3) is 0 Å². The highest BCUT2D eigenvalue weighted by Gasteiger charge is 2.34. The molecule has 2 aliphatic rings. The molecule has 1 fully saturated rings. The van der Waals surface area contributed by atoms with E-state index in [9.17, 15) is 8.42 Å². The Bertz CT molecular complexity index is 837. The quantitative estimate of drug-likeness (QED) is 0.925. The maximum atomic E-state index is 13.2. The van der Waals surface area contributed by atoms with E-state index in [4.69, 9.17) is 0 Å². The molecule has 24 heavy (non-hydrogen) atoms. The van der Waals surface area contributed by atoms with E-state index in [0.29, 0.717) is 24.5 Å². The van der Waals surface area contributed by atoms with E-state index in [1.807, 2.05) is 24.3 Å². The minimum Gasteiger partial charge on any atom is -0.313 e.